The fraction of sp³-hybridized carbons (Fsp3) is 0.318. The lowest BCUT2D eigenvalue weighted by atomic mass is 10.1. The van der Waals surface area contributed by atoms with E-state index in [4.69, 9.17) is 11.6 Å². The van der Waals surface area contributed by atoms with E-state index in [9.17, 15) is 12.8 Å². The lowest BCUT2D eigenvalue weighted by Gasteiger charge is -2.14. The van der Waals surface area contributed by atoms with Gasteiger partial charge in [-0.05, 0) is 42.6 Å². The van der Waals surface area contributed by atoms with Crippen molar-refractivity contribution in [1.82, 2.24) is 15.6 Å². The van der Waals surface area contributed by atoms with Crippen LogP contribution in [-0.2, 0) is 16.6 Å². The Morgan fingerprint density at radius 3 is 2.85 bits per heavy atom. The summed E-state index contributed by atoms with van der Waals surface area (Å²) in [5.74, 6) is -0.878. The molecule has 2 aromatic carbocycles. The van der Waals surface area contributed by atoms with Crippen molar-refractivity contribution in [3.8, 4) is 0 Å². The summed E-state index contributed by atoms with van der Waals surface area (Å²) in [5.41, 5.74) is 3.08. The summed E-state index contributed by atoms with van der Waals surface area (Å²) >= 11 is 7.32. The standard InChI is InChI=1S/C22H25ClFN5O2S2/c23-17-11-21(33(30,31)29-22-27-9-10-32-22)18(24)12-19(17)26-8-4-3-7-25-14-20-16-6-2-1-5-15(16)13-28-20/h1-2,5-6,9-12,20,25-26,28H,3-4,7-8,13-14H2,(H,27,29)/t20-/m0/s1. The van der Waals surface area contributed by atoms with Crippen molar-refractivity contribution < 1.29 is 12.8 Å². The summed E-state index contributed by atoms with van der Waals surface area (Å²) in [7, 11) is -4.12. The monoisotopic (exact) mass is 509 g/mol. The Morgan fingerprint density at radius 1 is 1.21 bits per heavy atom. The van der Waals surface area contributed by atoms with Crippen molar-refractivity contribution in [2.24, 2.45) is 0 Å². The molecule has 176 valence electrons. The molecular weight excluding hydrogens is 485 g/mol. The van der Waals surface area contributed by atoms with Gasteiger partial charge in [0.2, 0.25) is 0 Å². The van der Waals surface area contributed by atoms with Crippen LogP contribution in [0.2, 0.25) is 5.02 Å². The van der Waals surface area contributed by atoms with Crippen molar-refractivity contribution >= 4 is 43.8 Å². The summed E-state index contributed by atoms with van der Waals surface area (Å²) in [5, 5.41) is 12.0. The molecule has 0 bridgehead atoms. The van der Waals surface area contributed by atoms with Crippen LogP contribution >= 0.6 is 22.9 Å². The maximum Gasteiger partial charge on any atom is 0.266 e. The molecule has 0 amide bonds. The number of aromatic nitrogens is 1. The Bertz CT molecular complexity index is 1190. The average Bonchev–Trinajstić information content (AvgIpc) is 3.44. The summed E-state index contributed by atoms with van der Waals surface area (Å²) in [6, 6.07) is 11.0. The Morgan fingerprint density at radius 2 is 2.03 bits per heavy atom. The van der Waals surface area contributed by atoms with Gasteiger partial charge >= 0.3 is 0 Å². The lowest BCUT2D eigenvalue weighted by Crippen LogP contribution is -2.28. The Kier molecular flexibility index (Phi) is 7.82. The van der Waals surface area contributed by atoms with Crippen LogP contribution in [0, 0.1) is 5.82 Å². The molecule has 1 atom stereocenters. The smallest absolute Gasteiger partial charge is 0.266 e. The molecule has 33 heavy (non-hydrogen) atoms. The largest absolute Gasteiger partial charge is 0.384 e. The third-order valence-corrected chi connectivity index (χ3v) is 7.86. The van der Waals surface area contributed by atoms with Gasteiger partial charge in [-0.3, -0.25) is 4.72 Å². The fourth-order valence-electron chi connectivity index (χ4n) is 3.72. The number of anilines is 2. The number of benzene rings is 2. The molecule has 11 heteroatoms. The second kappa shape index (κ2) is 10.8. The van der Waals surface area contributed by atoms with Crippen LogP contribution in [0.4, 0.5) is 15.2 Å². The molecule has 1 aliphatic rings. The number of nitrogens with zero attached hydrogens (tertiary/aromatic N) is 1. The van der Waals surface area contributed by atoms with E-state index in [0.29, 0.717) is 18.3 Å². The topological polar surface area (TPSA) is 95.2 Å². The number of hydrogen-bond donors (Lipinski definition) is 4. The van der Waals surface area contributed by atoms with Gasteiger partial charge in [-0.25, -0.2) is 17.8 Å². The molecule has 1 aliphatic heterocycles. The zero-order chi connectivity index (χ0) is 23.3. The van der Waals surface area contributed by atoms with Gasteiger partial charge in [-0.1, -0.05) is 35.9 Å². The fourth-order valence-corrected chi connectivity index (χ4v) is 5.89. The quantitative estimate of drug-likeness (QED) is 0.287. The molecule has 0 fully saturated rings. The minimum atomic E-state index is -4.12. The summed E-state index contributed by atoms with van der Waals surface area (Å²) in [4.78, 5) is 3.34. The van der Waals surface area contributed by atoms with E-state index in [1.165, 1.54) is 17.3 Å². The summed E-state index contributed by atoms with van der Waals surface area (Å²) < 4.78 is 41.6. The Labute approximate surface area is 201 Å². The van der Waals surface area contributed by atoms with Gasteiger partial charge in [-0.15, -0.1) is 11.3 Å². The average molecular weight is 510 g/mol. The summed E-state index contributed by atoms with van der Waals surface area (Å²) in [6.45, 7) is 3.23. The minimum absolute atomic E-state index is 0.139. The van der Waals surface area contributed by atoms with E-state index in [1.54, 1.807) is 5.38 Å². The highest BCUT2D eigenvalue weighted by Crippen LogP contribution is 2.29. The van der Waals surface area contributed by atoms with E-state index in [-0.39, 0.29) is 10.2 Å². The van der Waals surface area contributed by atoms with Gasteiger partial charge in [0.25, 0.3) is 10.0 Å². The second-order valence-corrected chi connectivity index (χ2v) is 10.6. The number of sulfonamides is 1. The van der Waals surface area contributed by atoms with Crippen molar-refractivity contribution in [1.29, 1.82) is 0 Å². The number of halogens is 2. The highest BCUT2D eigenvalue weighted by molar-refractivity contribution is 7.93. The van der Waals surface area contributed by atoms with Crippen LogP contribution in [0.5, 0.6) is 0 Å². The highest BCUT2D eigenvalue weighted by atomic mass is 35.5. The van der Waals surface area contributed by atoms with Crippen molar-refractivity contribution in [2.75, 3.05) is 29.7 Å². The van der Waals surface area contributed by atoms with Gasteiger partial charge in [0.15, 0.2) is 5.13 Å². The Hall–Kier alpha value is -2.24. The SMILES string of the molecule is O=S(=O)(Nc1nccs1)c1cc(Cl)c(NCCCCNC[C@@H]2NCc3ccccc32)cc1F. The molecule has 0 saturated carbocycles. The molecule has 0 radical (unpaired) electrons. The molecule has 0 unspecified atom stereocenters. The third-order valence-electron chi connectivity index (χ3n) is 5.38. The minimum Gasteiger partial charge on any atom is -0.384 e. The zero-order valence-corrected chi connectivity index (χ0v) is 20.2. The van der Waals surface area contributed by atoms with Crippen LogP contribution in [0.15, 0.2) is 52.9 Å². The summed E-state index contributed by atoms with van der Waals surface area (Å²) in [6.07, 6.45) is 3.25. The van der Waals surface area contributed by atoms with Crippen LogP contribution in [0.25, 0.3) is 0 Å². The first-order valence-electron chi connectivity index (χ1n) is 10.6. The first-order valence-corrected chi connectivity index (χ1v) is 13.4. The molecular formula is C22H25ClFN5O2S2. The first kappa shape index (κ1) is 23.9. The zero-order valence-electron chi connectivity index (χ0n) is 17.8. The van der Waals surface area contributed by atoms with E-state index in [0.717, 1.165) is 55.9 Å². The Balaban J connectivity index is 1.21. The number of fused-ring (bicyclic) bond motifs is 1. The van der Waals surface area contributed by atoms with Gasteiger partial charge in [-0.2, -0.15) is 0 Å². The molecule has 2 heterocycles. The predicted molar refractivity (Wildman–Crippen MR) is 131 cm³/mol. The molecule has 4 rings (SSSR count). The van der Waals surface area contributed by atoms with Crippen molar-refractivity contribution in [3.63, 3.8) is 0 Å². The highest BCUT2D eigenvalue weighted by Gasteiger charge is 2.23. The predicted octanol–water partition coefficient (Wildman–Crippen LogP) is 4.36. The number of thiazole rings is 1. The van der Waals surface area contributed by atoms with Crippen LogP contribution in [0.1, 0.15) is 30.0 Å². The first-order chi connectivity index (χ1) is 15.9. The maximum absolute atomic E-state index is 14.5. The van der Waals surface area contributed by atoms with Crippen LogP contribution in [-0.4, -0.2) is 33.0 Å². The maximum atomic E-state index is 14.5. The normalized spacial score (nSPS) is 15.4. The molecule has 3 aromatic rings. The van der Waals surface area contributed by atoms with Crippen molar-refractivity contribution in [3.05, 3.63) is 69.9 Å². The molecule has 0 saturated heterocycles. The number of nitrogens with one attached hydrogen (secondary N) is 4. The molecule has 0 aliphatic carbocycles. The van der Waals surface area contributed by atoms with Gasteiger partial charge in [0.1, 0.15) is 10.7 Å². The molecule has 7 nitrogen and oxygen atoms in total. The van der Waals surface area contributed by atoms with E-state index >= 15 is 0 Å². The van der Waals surface area contributed by atoms with E-state index in [1.807, 2.05) is 0 Å². The van der Waals surface area contributed by atoms with Gasteiger partial charge < -0.3 is 16.0 Å². The van der Waals surface area contributed by atoms with Gasteiger partial charge in [0, 0.05) is 37.3 Å². The molecule has 0 spiro atoms. The number of hydrogen-bond acceptors (Lipinski definition) is 7. The molecule has 4 N–H and O–H groups in total. The van der Waals surface area contributed by atoms with E-state index < -0.39 is 20.7 Å². The number of rotatable bonds is 11. The van der Waals surface area contributed by atoms with Crippen molar-refractivity contribution in [2.45, 2.75) is 30.3 Å². The van der Waals surface area contributed by atoms with Gasteiger partial charge in [0.05, 0.1) is 10.7 Å². The second-order valence-electron chi connectivity index (χ2n) is 7.68. The van der Waals surface area contributed by atoms with Crippen LogP contribution in [0.3, 0.4) is 0 Å². The van der Waals surface area contributed by atoms with Crippen LogP contribution < -0.4 is 20.7 Å². The number of unbranched alkanes of at least 4 members (excludes halogenated alkanes) is 1. The molecule has 1 aromatic heterocycles. The van der Waals surface area contributed by atoms with E-state index in [2.05, 4.69) is 49.9 Å². The third kappa shape index (κ3) is 6.01. The lowest BCUT2D eigenvalue weighted by molar-refractivity contribution is 0.515.